The zero-order valence-corrected chi connectivity index (χ0v) is 14.4. The van der Waals surface area contributed by atoms with E-state index in [4.69, 9.17) is 0 Å². The van der Waals surface area contributed by atoms with Crippen molar-refractivity contribution in [2.45, 2.75) is 26.3 Å². The highest BCUT2D eigenvalue weighted by Gasteiger charge is 2.22. The summed E-state index contributed by atoms with van der Waals surface area (Å²) in [6.45, 7) is 4.21. The molecule has 1 aliphatic heterocycles. The SMILES string of the molecule is CC1CCN(C(=O)c2cccc(C(=O)NCc3cccnc3)c2)CC1. The van der Waals surface area contributed by atoms with Crippen molar-refractivity contribution in [1.82, 2.24) is 15.2 Å². The van der Waals surface area contributed by atoms with E-state index in [9.17, 15) is 9.59 Å². The van der Waals surface area contributed by atoms with Gasteiger partial charge in [0.15, 0.2) is 0 Å². The Hall–Kier alpha value is -2.69. The van der Waals surface area contributed by atoms with E-state index in [-0.39, 0.29) is 11.8 Å². The number of carbonyl (C=O) groups is 2. The van der Waals surface area contributed by atoms with Crippen molar-refractivity contribution < 1.29 is 9.59 Å². The van der Waals surface area contributed by atoms with Gasteiger partial charge in [-0.15, -0.1) is 0 Å². The van der Waals surface area contributed by atoms with Gasteiger partial charge in [-0.2, -0.15) is 0 Å². The highest BCUT2D eigenvalue weighted by molar-refractivity contribution is 5.99. The number of likely N-dealkylation sites (tertiary alicyclic amines) is 1. The Bertz CT molecular complexity index is 738. The molecule has 1 fully saturated rings. The third-order valence-corrected chi connectivity index (χ3v) is 4.62. The van der Waals surface area contributed by atoms with Crippen LogP contribution in [0.2, 0.25) is 0 Å². The molecule has 25 heavy (non-hydrogen) atoms. The van der Waals surface area contributed by atoms with Gasteiger partial charge in [0, 0.05) is 43.2 Å². The van der Waals surface area contributed by atoms with E-state index in [0.29, 0.717) is 23.6 Å². The fraction of sp³-hybridized carbons (Fsp3) is 0.350. The minimum atomic E-state index is -0.189. The van der Waals surface area contributed by atoms with E-state index in [0.717, 1.165) is 31.5 Å². The predicted molar refractivity (Wildman–Crippen MR) is 96.2 cm³/mol. The molecule has 1 aromatic heterocycles. The second-order valence-electron chi connectivity index (χ2n) is 6.60. The molecule has 0 radical (unpaired) electrons. The van der Waals surface area contributed by atoms with Crippen LogP contribution in [-0.2, 0) is 6.54 Å². The van der Waals surface area contributed by atoms with Crippen LogP contribution >= 0.6 is 0 Å². The maximum Gasteiger partial charge on any atom is 0.253 e. The van der Waals surface area contributed by atoms with Crippen LogP contribution < -0.4 is 5.32 Å². The smallest absolute Gasteiger partial charge is 0.253 e. The third kappa shape index (κ3) is 4.44. The molecule has 5 heteroatoms. The molecule has 2 amide bonds. The van der Waals surface area contributed by atoms with Gasteiger partial charge in [-0.05, 0) is 48.6 Å². The molecule has 1 saturated heterocycles. The second kappa shape index (κ2) is 7.92. The number of hydrogen-bond acceptors (Lipinski definition) is 3. The number of rotatable bonds is 4. The summed E-state index contributed by atoms with van der Waals surface area (Å²) in [5.74, 6) is 0.494. The number of aromatic nitrogens is 1. The van der Waals surface area contributed by atoms with Crippen LogP contribution in [0.1, 0.15) is 46.0 Å². The van der Waals surface area contributed by atoms with Crippen LogP contribution in [0, 0.1) is 5.92 Å². The first-order valence-corrected chi connectivity index (χ1v) is 8.70. The Labute approximate surface area is 148 Å². The van der Waals surface area contributed by atoms with E-state index >= 15 is 0 Å². The predicted octanol–water partition coefficient (Wildman–Crippen LogP) is 2.88. The van der Waals surface area contributed by atoms with Gasteiger partial charge < -0.3 is 10.2 Å². The van der Waals surface area contributed by atoms with Gasteiger partial charge in [-0.1, -0.05) is 19.1 Å². The summed E-state index contributed by atoms with van der Waals surface area (Å²) in [5, 5.41) is 2.86. The zero-order valence-electron chi connectivity index (χ0n) is 14.4. The molecule has 0 atom stereocenters. The number of hydrogen-bond donors (Lipinski definition) is 1. The monoisotopic (exact) mass is 337 g/mol. The summed E-state index contributed by atoms with van der Waals surface area (Å²) in [5.41, 5.74) is 2.01. The molecule has 0 unspecified atom stereocenters. The van der Waals surface area contributed by atoms with E-state index in [1.54, 1.807) is 36.7 Å². The fourth-order valence-electron chi connectivity index (χ4n) is 2.97. The molecule has 0 bridgehead atoms. The Balaban J connectivity index is 1.64. The Morgan fingerprint density at radius 2 is 1.92 bits per heavy atom. The van der Waals surface area contributed by atoms with Gasteiger partial charge in [-0.25, -0.2) is 0 Å². The number of benzene rings is 1. The highest BCUT2D eigenvalue weighted by atomic mass is 16.2. The molecule has 0 aliphatic carbocycles. The van der Waals surface area contributed by atoms with Crippen molar-refractivity contribution >= 4 is 11.8 Å². The lowest BCUT2D eigenvalue weighted by Crippen LogP contribution is -2.38. The molecule has 130 valence electrons. The second-order valence-corrected chi connectivity index (χ2v) is 6.60. The van der Waals surface area contributed by atoms with Gasteiger partial charge >= 0.3 is 0 Å². The molecule has 5 nitrogen and oxygen atoms in total. The molecule has 0 saturated carbocycles. The highest BCUT2D eigenvalue weighted by Crippen LogP contribution is 2.18. The minimum Gasteiger partial charge on any atom is -0.348 e. The lowest BCUT2D eigenvalue weighted by Gasteiger charge is -2.30. The average Bonchev–Trinajstić information content (AvgIpc) is 2.67. The first kappa shape index (κ1) is 17.1. The number of nitrogens with one attached hydrogen (secondary N) is 1. The fourth-order valence-corrected chi connectivity index (χ4v) is 2.97. The van der Waals surface area contributed by atoms with E-state index in [1.165, 1.54) is 0 Å². The van der Waals surface area contributed by atoms with Gasteiger partial charge in [-0.3, -0.25) is 14.6 Å². The van der Waals surface area contributed by atoms with Crippen molar-refractivity contribution in [2.24, 2.45) is 5.92 Å². The number of carbonyl (C=O) groups excluding carboxylic acids is 2. The van der Waals surface area contributed by atoms with Crippen LogP contribution in [-0.4, -0.2) is 34.8 Å². The number of amides is 2. The Morgan fingerprint density at radius 1 is 1.16 bits per heavy atom. The third-order valence-electron chi connectivity index (χ3n) is 4.62. The molecule has 1 aromatic carbocycles. The van der Waals surface area contributed by atoms with E-state index in [2.05, 4.69) is 17.2 Å². The number of nitrogens with zero attached hydrogens (tertiary/aromatic N) is 2. The molecule has 1 aliphatic rings. The van der Waals surface area contributed by atoms with Crippen molar-refractivity contribution in [2.75, 3.05) is 13.1 Å². The summed E-state index contributed by atoms with van der Waals surface area (Å²) in [6.07, 6.45) is 5.49. The summed E-state index contributed by atoms with van der Waals surface area (Å²) in [4.78, 5) is 30.9. The standard InChI is InChI=1S/C20H23N3O2/c1-15-7-10-23(11-8-15)20(25)18-6-2-5-17(12-18)19(24)22-14-16-4-3-9-21-13-16/h2-6,9,12-13,15H,7-8,10-11,14H2,1H3,(H,22,24). The van der Waals surface area contributed by atoms with E-state index in [1.807, 2.05) is 17.0 Å². The van der Waals surface area contributed by atoms with Gasteiger partial charge in [0.1, 0.15) is 0 Å². The van der Waals surface area contributed by atoms with Crippen molar-refractivity contribution in [3.8, 4) is 0 Å². The van der Waals surface area contributed by atoms with E-state index < -0.39 is 0 Å². The minimum absolute atomic E-state index is 0.00816. The number of piperidine rings is 1. The topological polar surface area (TPSA) is 62.3 Å². The zero-order chi connectivity index (χ0) is 17.6. The maximum absolute atomic E-state index is 12.6. The Kier molecular flexibility index (Phi) is 5.43. The van der Waals surface area contributed by atoms with Crippen LogP contribution in [0.4, 0.5) is 0 Å². The molecule has 0 spiro atoms. The first-order chi connectivity index (χ1) is 12.1. The summed E-state index contributed by atoms with van der Waals surface area (Å²) >= 11 is 0. The van der Waals surface area contributed by atoms with Crippen molar-refractivity contribution in [1.29, 1.82) is 0 Å². The van der Waals surface area contributed by atoms with Gasteiger partial charge in [0.05, 0.1) is 0 Å². The largest absolute Gasteiger partial charge is 0.348 e. The molecule has 1 N–H and O–H groups in total. The summed E-state index contributed by atoms with van der Waals surface area (Å²) < 4.78 is 0. The van der Waals surface area contributed by atoms with Gasteiger partial charge in [0.25, 0.3) is 11.8 Å². The normalized spacial score (nSPS) is 15.0. The number of pyridine rings is 1. The maximum atomic E-state index is 12.6. The Morgan fingerprint density at radius 3 is 2.64 bits per heavy atom. The molecular weight excluding hydrogens is 314 g/mol. The van der Waals surface area contributed by atoms with Gasteiger partial charge in [0.2, 0.25) is 0 Å². The van der Waals surface area contributed by atoms with Crippen LogP contribution in [0.5, 0.6) is 0 Å². The molecule has 2 aromatic rings. The summed E-state index contributed by atoms with van der Waals surface area (Å²) in [6, 6.07) is 10.7. The molecule has 2 heterocycles. The van der Waals surface area contributed by atoms with Crippen LogP contribution in [0.3, 0.4) is 0 Å². The van der Waals surface area contributed by atoms with Crippen molar-refractivity contribution in [3.63, 3.8) is 0 Å². The van der Waals surface area contributed by atoms with Crippen LogP contribution in [0.25, 0.3) is 0 Å². The van der Waals surface area contributed by atoms with Crippen molar-refractivity contribution in [3.05, 3.63) is 65.5 Å². The lowest BCUT2D eigenvalue weighted by atomic mass is 9.98. The first-order valence-electron chi connectivity index (χ1n) is 8.70. The van der Waals surface area contributed by atoms with Crippen LogP contribution in [0.15, 0.2) is 48.8 Å². The lowest BCUT2D eigenvalue weighted by molar-refractivity contribution is 0.0697. The quantitative estimate of drug-likeness (QED) is 0.933. The molecule has 3 rings (SSSR count). The summed E-state index contributed by atoms with van der Waals surface area (Å²) in [7, 11) is 0. The molecular formula is C20H23N3O2. The average molecular weight is 337 g/mol.